The maximum Gasteiger partial charge on any atom is 0.0641 e. The summed E-state index contributed by atoms with van der Waals surface area (Å²) in [4.78, 5) is 2.10. The summed E-state index contributed by atoms with van der Waals surface area (Å²) in [6, 6.07) is 10.8. The second kappa shape index (κ2) is 4.60. The average molecular weight is 227 g/mol. The van der Waals surface area contributed by atoms with Crippen LogP contribution in [0.15, 0.2) is 30.5 Å². The molecule has 1 atom stereocenters. The van der Waals surface area contributed by atoms with E-state index in [0.29, 0.717) is 6.42 Å². The van der Waals surface area contributed by atoms with Crippen LogP contribution in [0.5, 0.6) is 0 Å². The van der Waals surface area contributed by atoms with Gasteiger partial charge in [-0.15, -0.1) is 0 Å². The molecule has 0 aliphatic heterocycles. The van der Waals surface area contributed by atoms with E-state index in [4.69, 9.17) is 5.26 Å². The third-order valence-electron chi connectivity index (χ3n) is 3.19. The zero-order valence-electron chi connectivity index (χ0n) is 10.5. The van der Waals surface area contributed by atoms with Crippen LogP contribution in [0, 0.1) is 11.3 Å². The Labute approximate surface area is 102 Å². The van der Waals surface area contributed by atoms with Crippen LogP contribution in [0.25, 0.3) is 10.9 Å². The Kier molecular flexibility index (Phi) is 3.16. The van der Waals surface area contributed by atoms with E-state index in [9.17, 15) is 0 Å². The van der Waals surface area contributed by atoms with Gasteiger partial charge in [0.15, 0.2) is 0 Å². The molecule has 1 unspecified atom stereocenters. The van der Waals surface area contributed by atoms with Crippen LogP contribution in [-0.4, -0.2) is 23.6 Å². The lowest BCUT2D eigenvalue weighted by molar-refractivity contribution is 0.305. The number of hydrogen-bond acceptors (Lipinski definition) is 2. The largest absolute Gasteiger partial charge is 0.350 e. The summed E-state index contributed by atoms with van der Waals surface area (Å²) >= 11 is 0. The molecule has 0 amide bonds. The van der Waals surface area contributed by atoms with Gasteiger partial charge in [0, 0.05) is 30.2 Å². The van der Waals surface area contributed by atoms with Crippen molar-refractivity contribution >= 4 is 10.9 Å². The van der Waals surface area contributed by atoms with Gasteiger partial charge in [-0.25, -0.2) is 0 Å². The molecule has 1 heterocycles. The molecule has 0 saturated heterocycles. The summed E-state index contributed by atoms with van der Waals surface area (Å²) < 4.78 is 2.12. The molecule has 0 bridgehead atoms. The zero-order valence-corrected chi connectivity index (χ0v) is 10.5. The summed E-state index contributed by atoms with van der Waals surface area (Å²) in [7, 11) is 6.08. The SMILES string of the molecule is CN(C)C(CC#N)c1cn(C)c2ccccc12. The summed E-state index contributed by atoms with van der Waals surface area (Å²) in [5, 5.41) is 10.2. The highest BCUT2D eigenvalue weighted by molar-refractivity contribution is 5.84. The molecule has 3 nitrogen and oxygen atoms in total. The Morgan fingerprint density at radius 1 is 1.35 bits per heavy atom. The average Bonchev–Trinajstić information content (AvgIpc) is 2.64. The zero-order chi connectivity index (χ0) is 12.4. The van der Waals surface area contributed by atoms with Gasteiger partial charge in [-0.1, -0.05) is 18.2 Å². The van der Waals surface area contributed by atoms with Crippen molar-refractivity contribution in [1.29, 1.82) is 5.26 Å². The first-order chi connectivity index (χ1) is 8.15. The van der Waals surface area contributed by atoms with Crippen molar-refractivity contribution in [3.05, 3.63) is 36.0 Å². The number of benzene rings is 1. The normalized spacial score (nSPS) is 12.9. The molecular formula is C14H17N3. The molecular weight excluding hydrogens is 210 g/mol. The Morgan fingerprint density at radius 3 is 2.71 bits per heavy atom. The van der Waals surface area contributed by atoms with Gasteiger partial charge in [0.05, 0.1) is 12.5 Å². The highest BCUT2D eigenvalue weighted by Gasteiger charge is 2.18. The highest BCUT2D eigenvalue weighted by Crippen LogP contribution is 2.30. The second-order valence-electron chi connectivity index (χ2n) is 4.55. The van der Waals surface area contributed by atoms with E-state index < -0.39 is 0 Å². The number of rotatable bonds is 3. The van der Waals surface area contributed by atoms with E-state index in [2.05, 4.69) is 33.9 Å². The number of aromatic nitrogens is 1. The van der Waals surface area contributed by atoms with Crippen molar-refractivity contribution in [3.63, 3.8) is 0 Å². The molecule has 0 spiro atoms. The van der Waals surface area contributed by atoms with Crippen LogP contribution < -0.4 is 0 Å². The van der Waals surface area contributed by atoms with Gasteiger partial charge in [0.2, 0.25) is 0 Å². The predicted molar refractivity (Wildman–Crippen MR) is 69.6 cm³/mol. The van der Waals surface area contributed by atoms with Crippen LogP contribution in [0.3, 0.4) is 0 Å². The van der Waals surface area contributed by atoms with Gasteiger partial charge in [0.25, 0.3) is 0 Å². The maximum atomic E-state index is 8.94. The molecule has 0 radical (unpaired) electrons. The molecule has 88 valence electrons. The minimum absolute atomic E-state index is 0.158. The monoisotopic (exact) mass is 227 g/mol. The first kappa shape index (κ1) is 11.7. The summed E-state index contributed by atoms with van der Waals surface area (Å²) in [5.74, 6) is 0. The van der Waals surface area contributed by atoms with Crippen molar-refractivity contribution in [2.24, 2.45) is 7.05 Å². The van der Waals surface area contributed by atoms with Crippen LogP contribution in [0.1, 0.15) is 18.0 Å². The smallest absolute Gasteiger partial charge is 0.0641 e. The summed E-state index contributed by atoms with van der Waals surface area (Å²) in [6.45, 7) is 0. The first-order valence-corrected chi connectivity index (χ1v) is 5.72. The highest BCUT2D eigenvalue weighted by atomic mass is 15.1. The lowest BCUT2D eigenvalue weighted by atomic mass is 10.0. The fourth-order valence-corrected chi connectivity index (χ4v) is 2.30. The molecule has 0 aliphatic rings. The van der Waals surface area contributed by atoms with Crippen molar-refractivity contribution in [2.75, 3.05) is 14.1 Å². The molecule has 2 rings (SSSR count). The van der Waals surface area contributed by atoms with Gasteiger partial charge in [-0.3, -0.25) is 0 Å². The Hall–Kier alpha value is -1.79. The van der Waals surface area contributed by atoms with E-state index >= 15 is 0 Å². The number of hydrogen-bond donors (Lipinski definition) is 0. The van der Waals surface area contributed by atoms with Gasteiger partial charge < -0.3 is 9.47 Å². The van der Waals surface area contributed by atoms with Gasteiger partial charge in [-0.2, -0.15) is 5.26 Å². The Bertz CT molecular complexity index is 560. The topological polar surface area (TPSA) is 32.0 Å². The molecule has 0 fully saturated rings. The second-order valence-corrected chi connectivity index (χ2v) is 4.55. The van der Waals surface area contributed by atoms with E-state index in [0.717, 1.165) is 0 Å². The van der Waals surface area contributed by atoms with E-state index in [-0.39, 0.29) is 6.04 Å². The molecule has 2 aromatic rings. The van der Waals surface area contributed by atoms with Gasteiger partial charge in [0.1, 0.15) is 0 Å². The fourth-order valence-electron chi connectivity index (χ4n) is 2.30. The minimum atomic E-state index is 0.158. The Balaban J connectivity index is 2.58. The third kappa shape index (κ3) is 2.04. The lowest BCUT2D eigenvalue weighted by Gasteiger charge is -2.21. The third-order valence-corrected chi connectivity index (χ3v) is 3.19. The van der Waals surface area contributed by atoms with E-state index in [1.54, 1.807) is 0 Å². The van der Waals surface area contributed by atoms with Crippen molar-refractivity contribution in [2.45, 2.75) is 12.5 Å². The molecule has 3 heteroatoms. The van der Waals surface area contributed by atoms with E-state index in [1.165, 1.54) is 16.5 Å². The van der Waals surface area contributed by atoms with Crippen molar-refractivity contribution in [1.82, 2.24) is 9.47 Å². The number of nitrogens with zero attached hydrogens (tertiary/aromatic N) is 3. The molecule has 17 heavy (non-hydrogen) atoms. The first-order valence-electron chi connectivity index (χ1n) is 5.72. The number of para-hydroxylation sites is 1. The van der Waals surface area contributed by atoms with Crippen LogP contribution >= 0.6 is 0 Å². The standard InChI is InChI=1S/C14H17N3/c1-16(2)13(8-9-15)12-10-17(3)14-7-5-4-6-11(12)14/h4-7,10,13H,8H2,1-3H3. The van der Waals surface area contributed by atoms with Crippen LogP contribution in [-0.2, 0) is 7.05 Å². The summed E-state index contributed by atoms with van der Waals surface area (Å²) in [6.07, 6.45) is 2.65. The maximum absolute atomic E-state index is 8.94. The molecule has 0 N–H and O–H groups in total. The van der Waals surface area contributed by atoms with Gasteiger partial charge >= 0.3 is 0 Å². The molecule has 1 aromatic heterocycles. The minimum Gasteiger partial charge on any atom is -0.350 e. The molecule has 0 aliphatic carbocycles. The quantitative estimate of drug-likeness (QED) is 0.807. The van der Waals surface area contributed by atoms with Crippen LogP contribution in [0.2, 0.25) is 0 Å². The fraction of sp³-hybridized carbons (Fsp3) is 0.357. The predicted octanol–water partition coefficient (Wildman–Crippen LogP) is 2.69. The summed E-state index contributed by atoms with van der Waals surface area (Å²) in [5.41, 5.74) is 2.45. The number of aryl methyl sites for hydroxylation is 1. The number of fused-ring (bicyclic) bond motifs is 1. The van der Waals surface area contributed by atoms with Crippen molar-refractivity contribution < 1.29 is 0 Å². The van der Waals surface area contributed by atoms with Crippen molar-refractivity contribution in [3.8, 4) is 6.07 Å². The van der Waals surface area contributed by atoms with Gasteiger partial charge in [-0.05, 0) is 25.7 Å². The Morgan fingerprint density at radius 2 is 2.06 bits per heavy atom. The van der Waals surface area contributed by atoms with Crippen LogP contribution in [0.4, 0.5) is 0 Å². The lowest BCUT2D eigenvalue weighted by Crippen LogP contribution is -2.19. The molecule has 0 saturated carbocycles. The van der Waals surface area contributed by atoms with E-state index in [1.807, 2.05) is 33.3 Å². The number of nitriles is 1. The molecule has 1 aromatic carbocycles.